The Bertz CT molecular complexity index is 547. The Morgan fingerprint density at radius 1 is 1.44 bits per heavy atom. The quantitative estimate of drug-likeness (QED) is 0.631. The van der Waals surface area contributed by atoms with E-state index < -0.39 is 9.05 Å². The van der Waals surface area contributed by atoms with Crippen LogP contribution in [-0.4, -0.2) is 8.42 Å². The molecular weight excluding hydrogens is 269 g/mol. The normalized spacial score (nSPS) is 11.1. The van der Waals surface area contributed by atoms with E-state index in [4.69, 9.17) is 27.5 Å². The molecule has 1 aromatic carbocycles. The van der Waals surface area contributed by atoms with Gasteiger partial charge in [0, 0.05) is 16.6 Å². The molecule has 0 heterocycles. The van der Waals surface area contributed by atoms with E-state index in [-0.39, 0.29) is 16.3 Å². The maximum Gasteiger partial charge on any atom is 0.262 e. The van der Waals surface area contributed by atoms with Crippen LogP contribution in [0.4, 0.5) is 0 Å². The van der Waals surface area contributed by atoms with Crippen molar-refractivity contribution in [2.24, 2.45) is 0 Å². The van der Waals surface area contributed by atoms with Crippen molar-refractivity contribution in [3.8, 4) is 6.07 Å². The fourth-order valence-corrected chi connectivity index (χ4v) is 3.27. The van der Waals surface area contributed by atoms with Crippen LogP contribution in [-0.2, 0) is 21.4 Å². The molecule has 0 aliphatic carbocycles. The molecule has 0 aromatic heterocycles. The molecule has 3 nitrogen and oxygen atoms in total. The van der Waals surface area contributed by atoms with Crippen molar-refractivity contribution in [2.45, 2.75) is 24.1 Å². The van der Waals surface area contributed by atoms with Crippen LogP contribution in [0.3, 0.4) is 0 Å². The Morgan fingerprint density at radius 3 is 2.44 bits per heavy atom. The van der Waals surface area contributed by atoms with Crippen molar-refractivity contribution in [3.05, 3.63) is 28.8 Å². The van der Waals surface area contributed by atoms with Gasteiger partial charge in [0.25, 0.3) is 9.05 Å². The van der Waals surface area contributed by atoms with E-state index in [1.807, 2.05) is 6.07 Å². The Morgan fingerprint density at radius 2 is 2.06 bits per heavy atom. The second kappa shape index (κ2) is 5.05. The van der Waals surface area contributed by atoms with Gasteiger partial charge in [-0.15, -0.1) is 11.6 Å². The third-order valence-electron chi connectivity index (χ3n) is 2.22. The monoisotopic (exact) mass is 277 g/mol. The van der Waals surface area contributed by atoms with Crippen LogP contribution in [0.25, 0.3) is 0 Å². The van der Waals surface area contributed by atoms with Crippen LogP contribution in [0.5, 0.6) is 0 Å². The minimum absolute atomic E-state index is 0.0562. The van der Waals surface area contributed by atoms with Gasteiger partial charge >= 0.3 is 0 Å². The Balaban J connectivity index is 3.72. The molecule has 0 aliphatic heterocycles. The van der Waals surface area contributed by atoms with Gasteiger partial charge in [0.1, 0.15) is 11.0 Å². The number of hydrogen-bond acceptors (Lipinski definition) is 3. The first-order valence-corrected chi connectivity index (χ1v) is 7.35. The zero-order valence-electron chi connectivity index (χ0n) is 8.50. The SMILES string of the molecule is CCc1c(CCl)ccc(C#N)c1S(=O)(=O)Cl. The van der Waals surface area contributed by atoms with Crippen LogP contribution in [0, 0.1) is 11.3 Å². The van der Waals surface area contributed by atoms with E-state index in [2.05, 4.69) is 0 Å². The van der Waals surface area contributed by atoms with E-state index >= 15 is 0 Å². The lowest BCUT2D eigenvalue weighted by Crippen LogP contribution is -2.04. The van der Waals surface area contributed by atoms with Gasteiger partial charge in [-0.05, 0) is 23.6 Å². The molecule has 86 valence electrons. The molecule has 16 heavy (non-hydrogen) atoms. The molecule has 6 heteroatoms. The lowest BCUT2D eigenvalue weighted by molar-refractivity contribution is 0.608. The third-order valence-corrected chi connectivity index (χ3v) is 3.92. The Labute approximate surface area is 104 Å². The van der Waals surface area contributed by atoms with Crippen LogP contribution in [0.1, 0.15) is 23.6 Å². The molecule has 0 aliphatic rings. The summed E-state index contributed by atoms with van der Waals surface area (Å²) in [5.41, 5.74) is 1.26. The number of halogens is 2. The maximum absolute atomic E-state index is 11.4. The summed E-state index contributed by atoms with van der Waals surface area (Å²) >= 11 is 5.71. The zero-order valence-corrected chi connectivity index (χ0v) is 10.8. The van der Waals surface area contributed by atoms with Crippen molar-refractivity contribution in [1.82, 2.24) is 0 Å². The molecule has 1 rings (SSSR count). The molecular formula is C10H9Cl2NO2S. The van der Waals surface area contributed by atoms with Gasteiger partial charge < -0.3 is 0 Å². The molecule has 0 radical (unpaired) electrons. The first-order valence-electron chi connectivity index (χ1n) is 4.51. The van der Waals surface area contributed by atoms with Crippen LogP contribution >= 0.6 is 22.3 Å². The van der Waals surface area contributed by atoms with Crippen molar-refractivity contribution in [3.63, 3.8) is 0 Å². The van der Waals surface area contributed by atoms with Crippen molar-refractivity contribution in [2.75, 3.05) is 0 Å². The highest BCUT2D eigenvalue weighted by atomic mass is 35.7. The van der Waals surface area contributed by atoms with Gasteiger partial charge in [-0.2, -0.15) is 5.26 Å². The summed E-state index contributed by atoms with van der Waals surface area (Å²) in [6.45, 7) is 1.79. The molecule has 0 atom stereocenters. The van der Waals surface area contributed by atoms with Gasteiger partial charge in [-0.3, -0.25) is 0 Å². The van der Waals surface area contributed by atoms with Crippen LogP contribution in [0.15, 0.2) is 17.0 Å². The smallest absolute Gasteiger partial charge is 0.207 e. The largest absolute Gasteiger partial charge is 0.262 e. The van der Waals surface area contributed by atoms with Gasteiger partial charge in [-0.1, -0.05) is 13.0 Å². The summed E-state index contributed by atoms with van der Waals surface area (Å²) in [4.78, 5) is -0.114. The van der Waals surface area contributed by atoms with Gasteiger partial charge in [0.2, 0.25) is 0 Å². The van der Waals surface area contributed by atoms with E-state index in [1.54, 1.807) is 13.0 Å². The first-order chi connectivity index (χ1) is 7.45. The standard InChI is InChI=1S/C10H9Cl2NO2S/c1-2-9-7(5-11)3-4-8(6-13)10(9)16(12,14)15/h3-4H,2,5H2,1H3. The molecule has 0 saturated heterocycles. The average Bonchev–Trinajstić information content (AvgIpc) is 2.25. The van der Waals surface area contributed by atoms with Crippen molar-refractivity contribution < 1.29 is 8.42 Å². The predicted octanol–water partition coefficient (Wildman–Crippen LogP) is 2.79. The topological polar surface area (TPSA) is 57.9 Å². The number of rotatable bonds is 3. The predicted molar refractivity (Wildman–Crippen MR) is 63.1 cm³/mol. The van der Waals surface area contributed by atoms with E-state index in [0.29, 0.717) is 17.5 Å². The molecule has 0 amide bonds. The summed E-state index contributed by atoms with van der Waals surface area (Å²) in [6.07, 6.45) is 0.457. The van der Waals surface area contributed by atoms with Crippen molar-refractivity contribution in [1.29, 1.82) is 5.26 Å². The van der Waals surface area contributed by atoms with Gasteiger partial charge in [0.05, 0.1) is 5.56 Å². The lowest BCUT2D eigenvalue weighted by Gasteiger charge is -2.10. The summed E-state index contributed by atoms with van der Waals surface area (Å²) in [5.74, 6) is 0.189. The number of hydrogen-bond donors (Lipinski definition) is 0. The molecule has 0 spiro atoms. The number of nitrogens with zero attached hydrogens (tertiary/aromatic N) is 1. The van der Waals surface area contributed by atoms with E-state index in [0.717, 1.165) is 0 Å². The summed E-state index contributed by atoms with van der Waals surface area (Å²) < 4.78 is 22.9. The molecule has 0 N–H and O–H groups in total. The molecule has 0 saturated carbocycles. The number of benzene rings is 1. The number of alkyl halides is 1. The Hall–Kier alpha value is -0.760. The second-order valence-electron chi connectivity index (χ2n) is 3.12. The third kappa shape index (κ3) is 2.49. The van der Waals surface area contributed by atoms with Gasteiger partial charge in [-0.25, -0.2) is 8.42 Å². The van der Waals surface area contributed by atoms with Crippen molar-refractivity contribution >= 4 is 31.3 Å². The van der Waals surface area contributed by atoms with Crippen LogP contribution in [0.2, 0.25) is 0 Å². The minimum atomic E-state index is -3.93. The fourth-order valence-electron chi connectivity index (χ4n) is 1.55. The number of nitriles is 1. The lowest BCUT2D eigenvalue weighted by atomic mass is 10.0. The van der Waals surface area contributed by atoms with E-state index in [1.165, 1.54) is 6.07 Å². The minimum Gasteiger partial charge on any atom is -0.207 e. The molecule has 1 aromatic rings. The zero-order chi connectivity index (χ0) is 12.3. The molecule has 0 unspecified atom stereocenters. The highest BCUT2D eigenvalue weighted by Gasteiger charge is 2.21. The second-order valence-corrected chi connectivity index (χ2v) is 5.89. The van der Waals surface area contributed by atoms with Gasteiger partial charge in [0.15, 0.2) is 0 Å². The highest BCUT2D eigenvalue weighted by Crippen LogP contribution is 2.28. The first kappa shape index (κ1) is 13.3. The molecule has 0 bridgehead atoms. The van der Waals surface area contributed by atoms with E-state index in [9.17, 15) is 8.42 Å². The average molecular weight is 278 g/mol. The highest BCUT2D eigenvalue weighted by molar-refractivity contribution is 8.13. The Kier molecular flexibility index (Phi) is 4.20. The molecule has 0 fully saturated rings. The maximum atomic E-state index is 11.4. The summed E-state index contributed by atoms with van der Waals surface area (Å²) in [6, 6.07) is 4.89. The van der Waals surface area contributed by atoms with Crippen LogP contribution < -0.4 is 0 Å². The summed E-state index contributed by atoms with van der Waals surface area (Å²) in [7, 11) is 1.40. The fraction of sp³-hybridized carbons (Fsp3) is 0.300. The summed E-state index contributed by atoms with van der Waals surface area (Å²) in [5, 5.41) is 8.86.